The van der Waals surface area contributed by atoms with Gasteiger partial charge in [0, 0.05) is 25.2 Å². The van der Waals surface area contributed by atoms with Gasteiger partial charge < -0.3 is 15.7 Å². The Morgan fingerprint density at radius 1 is 1.28 bits per heavy atom. The third-order valence-corrected chi connectivity index (χ3v) is 2.83. The summed E-state index contributed by atoms with van der Waals surface area (Å²) in [5.74, 6) is -4.47. The van der Waals surface area contributed by atoms with Gasteiger partial charge in [0.05, 0.1) is 17.6 Å². The number of anilines is 1. The highest BCUT2D eigenvalue weighted by molar-refractivity contribution is 5.70. The van der Waals surface area contributed by atoms with Crippen LogP contribution in [0.25, 0.3) is 0 Å². The number of carboxylic acid groups (broad SMARTS) is 1. The molecule has 18 heavy (non-hydrogen) atoms. The van der Waals surface area contributed by atoms with Crippen molar-refractivity contribution in [1.29, 1.82) is 0 Å². The molecule has 1 fully saturated rings. The van der Waals surface area contributed by atoms with Crippen molar-refractivity contribution in [2.45, 2.75) is 12.0 Å². The van der Waals surface area contributed by atoms with Crippen LogP contribution in [0.4, 0.5) is 18.9 Å². The molecule has 1 aliphatic heterocycles. The van der Waals surface area contributed by atoms with Crippen molar-refractivity contribution in [3.63, 3.8) is 0 Å². The Kier molecular flexibility index (Phi) is 3.16. The van der Waals surface area contributed by atoms with Gasteiger partial charge in [0.25, 0.3) is 0 Å². The highest BCUT2D eigenvalue weighted by Crippen LogP contribution is 2.26. The largest absolute Gasteiger partial charge is 0.481 e. The summed E-state index contributed by atoms with van der Waals surface area (Å²) in [6, 6.07) is 1.12. The Hall–Kier alpha value is -1.76. The lowest BCUT2D eigenvalue weighted by Crippen LogP contribution is -2.65. The van der Waals surface area contributed by atoms with E-state index in [1.165, 1.54) is 0 Å². The fraction of sp³-hybridized carbons (Fsp3) is 0.364. The van der Waals surface area contributed by atoms with Gasteiger partial charge in [-0.3, -0.25) is 4.79 Å². The molecule has 98 valence electrons. The van der Waals surface area contributed by atoms with E-state index in [9.17, 15) is 18.0 Å². The van der Waals surface area contributed by atoms with E-state index < -0.39 is 29.0 Å². The van der Waals surface area contributed by atoms with Crippen molar-refractivity contribution >= 4 is 11.7 Å². The number of rotatable bonds is 4. The third kappa shape index (κ3) is 2.40. The second kappa shape index (κ2) is 4.49. The molecule has 0 atom stereocenters. The number of carboxylic acids is 1. The standard InChI is InChI=1S/C11H11F3N2O2/c12-6-1-8(14)9(2-7(6)13)16-11(3-10(17)18)4-15-5-11/h1-2,15-16H,3-5H2,(H,17,18). The minimum atomic E-state index is -1.28. The molecule has 1 aromatic rings. The Bertz CT molecular complexity index is 489. The number of hydrogen-bond donors (Lipinski definition) is 3. The number of hydrogen-bond acceptors (Lipinski definition) is 3. The number of halogens is 3. The summed E-state index contributed by atoms with van der Waals surface area (Å²) in [5.41, 5.74) is -1.10. The van der Waals surface area contributed by atoms with Crippen LogP contribution in [-0.2, 0) is 4.79 Å². The summed E-state index contributed by atoms with van der Waals surface area (Å²) in [4.78, 5) is 10.7. The van der Waals surface area contributed by atoms with E-state index in [0.717, 1.165) is 0 Å². The molecule has 0 unspecified atom stereocenters. The number of carbonyl (C=O) groups is 1. The molecule has 0 bridgehead atoms. The van der Waals surface area contributed by atoms with Crippen molar-refractivity contribution in [2.24, 2.45) is 0 Å². The van der Waals surface area contributed by atoms with Gasteiger partial charge >= 0.3 is 5.97 Å². The van der Waals surface area contributed by atoms with Crippen LogP contribution in [0.5, 0.6) is 0 Å². The zero-order valence-electron chi connectivity index (χ0n) is 9.27. The van der Waals surface area contributed by atoms with E-state index in [0.29, 0.717) is 25.2 Å². The quantitative estimate of drug-likeness (QED) is 0.715. The highest BCUT2D eigenvalue weighted by atomic mass is 19.2. The van der Waals surface area contributed by atoms with Gasteiger partial charge in [0.1, 0.15) is 5.82 Å². The van der Waals surface area contributed by atoms with Crippen LogP contribution < -0.4 is 10.6 Å². The van der Waals surface area contributed by atoms with Crippen molar-refractivity contribution in [1.82, 2.24) is 5.32 Å². The van der Waals surface area contributed by atoms with Gasteiger partial charge in [-0.1, -0.05) is 0 Å². The molecule has 0 aromatic heterocycles. The van der Waals surface area contributed by atoms with E-state index in [-0.39, 0.29) is 12.1 Å². The van der Waals surface area contributed by atoms with Crippen molar-refractivity contribution in [3.05, 3.63) is 29.6 Å². The maximum Gasteiger partial charge on any atom is 0.305 e. The van der Waals surface area contributed by atoms with Gasteiger partial charge in [-0.25, -0.2) is 13.2 Å². The number of benzene rings is 1. The molecule has 1 aromatic carbocycles. The average molecular weight is 260 g/mol. The summed E-state index contributed by atoms with van der Waals surface area (Å²) in [5, 5.41) is 14.3. The fourth-order valence-electron chi connectivity index (χ4n) is 1.88. The molecule has 2 rings (SSSR count). The summed E-state index contributed by atoms with van der Waals surface area (Å²) in [7, 11) is 0. The SMILES string of the molecule is O=C(O)CC1(Nc2cc(F)c(F)cc2F)CNC1. The first-order chi connectivity index (χ1) is 8.42. The summed E-state index contributed by atoms with van der Waals surface area (Å²) in [6.45, 7) is 0.634. The second-order valence-corrected chi connectivity index (χ2v) is 4.33. The first kappa shape index (κ1) is 12.7. The Morgan fingerprint density at radius 2 is 1.89 bits per heavy atom. The molecule has 0 amide bonds. The molecule has 4 nitrogen and oxygen atoms in total. The Balaban J connectivity index is 2.22. The monoisotopic (exact) mass is 260 g/mol. The van der Waals surface area contributed by atoms with Crippen LogP contribution in [0.2, 0.25) is 0 Å². The maximum absolute atomic E-state index is 13.4. The fourth-order valence-corrected chi connectivity index (χ4v) is 1.88. The van der Waals surface area contributed by atoms with E-state index >= 15 is 0 Å². The van der Waals surface area contributed by atoms with E-state index in [4.69, 9.17) is 5.11 Å². The first-order valence-electron chi connectivity index (χ1n) is 5.27. The minimum absolute atomic E-state index is 0.238. The Morgan fingerprint density at radius 3 is 2.39 bits per heavy atom. The topological polar surface area (TPSA) is 61.4 Å². The van der Waals surface area contributed by atoms with E-state index in [1.807, 2.05) is 0 Å². The van der Waals surface area contributed by atoms with Crippen LogP contribution in [0.3, 0.4) is 0 Å². The number of nitrogens with one attached hydrogen (secondary N) is 2. The van der Waals surface area contributed by atoms with E-state index in [1.54, 1.807) is 0 Å². The van der Waals surface area contributed by atoms with Gasteiger partial charge in [-0.2, -0.15) is 0 Å². The van der Waals surface area contributed by atoms with Gasteiger partial charge in [0.15, 0.2) is 11.6 Å². The molecule has 0 spiro atoms. The van der Waals surface area contributed by atoms with E-state index in [2.05, 4.69) is 10.6 Å². The zero-order chi connectivity index (χ0) is 13.3. The van der Waals surface area contributed by atoms with Crippen molar-refractivity contribution < 1.29 is 23.1 Å². The number of aliphatic carboxylic acids is 1. The summed E-state index contributed by atoms with van der Waals surface area (Å²) < 4.78 is 39.2. The molecule has 0 aliphatic carbocycles. The Labute approximate surface area is 101 Å². The predicted molar refractivity (Wildman–Crippen MR) is 57.8 cm³/mol. The molecule has 1 heterocycles. The van der Waals surface area contributed by atoms with Crippen LogP contribution >= 0.6 is 0 Å². The molecular formula is C11H11F3N2O2. The maximum atomic E-state index is 13.4. The summed E-state index contributed by atoms with van der Waals surface area (Å²) >= 11 is 0. The average Bonchev–Trinajstić information content (AvgIpc) is 2.22. The zero-order valence-corrected chi connectivity index (χ0v) is 9.27. The van der Waals surface area contributed by atoms with Crippen molar-refractivity contribution in [3.8, 4) is 0 Å². The van der Waals surface area contributed by atoms with Crippen LogP contribution in [0.1, 0.15) is 6.42 Å². The highest BCUT2D eigenvalue weighted by Gasteiger charge is 2.39. The third-order valence-electron chi connectivity index (χ3n) is 2.83. The lowest BCUT2D eigenvalue weighted by atomic mass is 9.88. The first-order valence-corrected chi connectivity index (χ1v) is 5.27. The lowest BCUT2D eigenvalue weighted by molar-refractivity contribution is -0.138. The lowest BCUT2D eigenvalue weighted by Gasteiger charge is -2.43. The van der Waals surface area contributed by atoms with Crippen molar-refractivity contribution in [2.75, 3.05) is 18.4 Å². The van der Waals surface area contributed by atoms with Gasteiger partial charge in [-0.15, -0.1) is 0 Å². The second-order valence-electron chi connectivity index (χ2n) is 4.33. The normalized spacial score (nSPS) is 17.1. The molecule has 3 N–H and O–H groups in total. The minimum Gasteiger partial charge on any atom is -0.481 e. The molecule has 7 heteroatoms. The molecule has 0 radical (unpaired) electrons. The summed E-state index contributed by atoms with van der Waals surface area (Å²) in [6.07, 6.45) is -0.238. The molecule has 1 saturated heterocycles. The van der Waals surface area contributed by atoms with Crippen LogP contribution in [0.15, 0.2) is 12.1 Å². The van der Waals surface area contributed by atoms with Gasteiger partial charge in [0.2, 0.25) is 0 Å². The van der Waals surface area contributed by atoms with Crippen LogP contribution in [-0.4, -0.2) is 29.7 Å². The molecule has 0 saturated carbocycles. The van der Waals surface area contributed by atoms with Crippen LogP contribution in [0, 0.1) is 17.5 Å². The van der Waals surface area contributed by atoms with Gasteiger partial charge in [-0.05, 0) is 0 Å². The molecule has 1 aliphatic rings. The smallest absolute Gasteiger partial charge is 0.305 e. The molecular weight excluding hydrogens is 249 g/mol. The predicted octanol–water partition coefficient (Wildman–Crippen LogP) is 1.33.